The van der Waals surface area contributed by atoms with Gasteiger partial charge in [0.05, 0.1) is 0 Å². The van der Waals surface area contributed by atoms with Crippen LogP contribution in [-0.2, 0) is 28.6 Å². The lowest BCUT2D eigenvalue weighted by Gasteiger charge is -2.18. The number of carbonyl (C=O) groups excluding carboxylic acids is 3. The summed E-state index contributed by atoms with van der Waals surface area (Å²) in [6.45, 7) is 6.52. The molecular formula is C72H130O6. The Hall–Kier alpha value is -2.89. The summed E-state index contributed by atoms with van der Waals surface area (Å²) in [7, 11) is 0. The highest BCUT2D eigenvalue weighted by molar-refractivity contribution is 5.71. The molecule has 78 heavy (non-hydrogen) atoms. The fourth-order valence-corrected chi connectivity index (χ4v) is 10.1. The van der Waals surface area contributed by atoms with Crippen LogP contribution in [0.3, 0.4) is 0 Å². The average molecular weight is 1090 g/mol. The second-order valence-electron chi connectivity index (χ2n) is 23.1. The SMILES string of the molecule is CC/C=C\C/C=C\C/C=C\C/C=C\CCCCCCCCCCCCCCCCCCC(=O)OCC(COC(=O)CCCCCCC/C=C\CCC)OC(=O)CCCCCCCCCCCCCCCCCCCCCCC. The van der Waals surface area contributed by atoms with Crippen LogP contribution in [0.25, 0.3) is 0 Å². The van der Waals surface area contributed by atoms with Gasteiger partial charge in [-0.05, 0) is 77.0 Å². The molecule has 0 aliphatic heterocycles. The molecule has 0 aromatic heterocycles. The van der Waals surface area contributed by atoms with Crippen molar-refractivity contribution in [1.29, 1.82) is 0 Å². The van der Waals surface area contributed by atoms with E-state index in [1.807, 2.05) is 0 Å². The van der Waals surface area contributed by atoms with E-state index in [0.29, 0.717) is 19.3 Å². The third kappa shape index (κ3) is 63.9. The van der Waals surface area contributed by atoms with E-state index in [-0.39, 0.29) is 31.1 Å². The molecule has 1 atom stereocenters. The number of unbranched alkanes of at least 4 members (excludes halogenated alkanes) is 42. The van der Waals surface area contributed by atoms with Crippen LogP contribution in [0.5, 0.6) is 0 Å². The topological polar surface area (TPSA) is 78.9 Å². The van der Waals surface area contributed by atoms with Crippen LogP contribution >= 0.6 is 0 Å². The number of esters is 3. The smallest absolute Gasteiger partial charge is 0.306 e. The van der Waals surface area contributed by atoms with E-state index in [2.05, 4.69) is 81.5 Å². The lowest BCUT2D eigenvalue weighted by atomic mass is 10.0. The number of hydrogen-bond acceptors (Lipinski definition) is 6. The Labute approximate surface area is 485 Å². The molecule has 0 aliphatic rings. The van der Waals surface area contributed by atoms with Crippen molar-refractivity contribution in [3.05, 3.63) is 60.8 Å². The van der Waals surface area contributed by atoms with Crippen molar-refractivity contribution in [2.75, 3.05) is 13.2 Å². The molecular weight excluding hydrogens is 961 g/mol. The normalized spacial score (nSPS) is 12.4. The molecule has 0 rings (SSSR count). The van der Waals surface area contributed by atoms with Crippen LogP contribution in [-0.4, -0.2) is 37.2 Å². The van der Waals surface area contributed by atoms with Gasteiger partial charge in [0.1, 0.15) is 13.2 Å². The summed E-state index contributed by atoms with van der Waals surface area (Å²) in [6, 6.07) is 0. The molecule has 6 nitrogen and oxygen atoms in total. The Morgan fingerprint density at radius 2 is 0.526 bits per heavy atom. The summed E-state index contributed by atoms with van der Waals surface area (Å²) >= 11 is 0. The van der Waals surface area contributed by atoms with Gasteiger partial charge in [0.2, 0.25) is 0 Å². The van der Waals surface area contributed by atoms with E-state index >= 15 is 0 Å². The van der Waals surface area contributed by atoms with E-state index in [0.717, 1.165) is 96.3 Å². The Morgan fingerprint density at radius 3 is 0.846 bits per heavy atom. The van der Waals surface area contributed by atoms with Gasteiger partial charge in [-0.15, -0.1) is 0 Å². The minimum atomic E-state index is -0.774. The van der Waals surface area contributed by atoms with Crippen LogP contribution in [0.4, 0.5) is 0 Å². The predicted octanol–water partition coefficient (Wildman–Crippen LogP) is 23.5. The van der Waals surface area contributed by atoms with Gasteiger partial charge in [0, 0.05) is 19.3 Å². The summed E-state index contributed by atoms with van der Waals surface area (Å²) in [6.07, 6.45) is 85.5. The molecule has 0 aliphatic carbocycles. The maximum Gasteiger partial charge on any atom is 0.306 e. The minimum Gasteiger partial charge on any atom is -0.462 e. The lowest BCUT2D eigenvalue weighted by Crippen LogP contribution is -2.30. The van der Waals surface area contributed by atoms with Gasteiger partial charge in [-0.3, -0.25) is 14.4 Å². The molecule has 0 aromatic carbocycles. The zero-order valence-electron chi connectivity index (χ0n) is 52.2. The molecule has 0 amide bonds. The second kappa shape index (κ2) is 66.6. The first-order chi connectivity index (χ1) is 38.5. The molecule has 0 spiro atoms. The highest BCUT2D eigenvalue weighted by Crippen LogP contribution is 2.18. The number of rotatable bonds is 63. The first-order valence-electron chi connectivity index (χ1n) is 34.3. The van der Waals surface area contributed by atoms with Crippen LogP contribution < -0.4 is 0 Å². The molecule has 0 bridgehead atoms. The van der Waals surface area contributed by atoms with Crippen molar-refractivity contribution in [2.24, 2.45) is 0 Å². The fraction of sp³-hybridized carbons (Fsp3) is 0.819. The maximum atomic E-state index is 12.9. The zero-order chi connectivity index (χ0) is 56.4. The molecule has 1 unspecified atom stereocenters. The van der Waals surface area contributed by atoms with Crippen LogP contribution in [0, 0.1) is 0 Å². The number of carbonyl (C=O) groups is 3. The van der Waals surface area contributed by atoms with Crippen LogP contribution in [0.2, 0.25) is 0 Å². The lowest BCUT2D eigenvalue weighted by molar-refractivity contribution is -0.167. The molecule has 0 heterocycles. The van der Waals surface area contributed by atoms with Gasteiger partial charge in [-0.25, -0.2) is 0 Å². The number of allylic oxidation sites excluding steroid dienone is 10. The largest absolute Gasteiger partial charge is 0.462 e. The number of ether oxygens (including phenoxy) is 3. The van der Waals surface area contributed by atoms with E-state index in [9.17, 15) is 14.4 Å². The summed E-state index contributed by atoms with van der Waals surface area (Å²) in [5.74, 6) is -0.860. The third-order valence-electron chi connectivity index (χ3n) is 15.2. The quantitative estimate of drug-likeness (QED) is 0.0261. The van der Waals surface area contributed by atoms with Crippen molar-refractivity contribution >= 4 is 17.9 Å². The Kier molecular flexibility index (Phi) is 64.2. The summed E-state index contributed by atoms with van der Waals surface area (Å²) in [5, 5.41) is 0. The number of hydrogen-bond donors (Lipinski definition) is 0. The van der Waals surface area contributed by atoms with Crippen LogP contribution in [0.15, 0.2) is 60.8 Å². The Balaban J connectivity index is 4.14. The summed E-state index contributed by atoms with van der Waals surface area (Å²) in [5.41, 5.74) is 0. The van der Waals surface area contributed by atoms with Crippen molar-refractivity contribution < 1.29 is 28.6 Å². The molecule has 0 radical (unpaired) electrons. The van der Waals surface area contributed by atoms with Crippen molar-refractivity contribution in [3.8, 4) is 0 Å². The standard InChI is InChI=1S/C72H130O6/c1-4-7-10-13-16-19-22-24-26-28-30-32-33-34-35-36-37-38-39-41-42-44-46-48-50-53-56-59-62-65-71(74)77-68-69(67-76-70(73)64-61-58-55-52-21-18-15-12-9-6-3)78-72(75)66-63-60-57-54-51-49-47-45-43-40-31-29-27-25-23-20-17-14-11-8-5-2/h7,10,12,15-16,19,24,26,30,32,69H,4-6,8-9,11,13-14,17-18,20-23,25,27-29,31,33-68H2,1-3H3/b10-7-,15-12-,19-16-,26-24-,32-30-. The van der Waals surface area contributed by atoms with Gasteiger partial charge in [-0.1, -0.05) is 326 Å². The van der Waals surface area contributed by atoms with Gasteiger partial charge < -0.3 is 14.2 Å². The highest BCUT2D eigenvalue weighted by Gasteiger charge is 2.19. The molecule has 0 saturated carbocycles. The minimum absolute atomic E-state index is 0.0718. The first-order valence-corrected chi connectivity index (χ1v) is 34.3. The second-order valence-corrected chi connectivity index (χ2v) is 23.1. The average Bonchev–Trinajstić information content (AvgIpc) is 3.44. The summed E-state index contributed by atoms with van der Waals surface area (Å²) in [4.78, 5) is 38.3. The maximum absolute atomic E-state index is 12.9. The monoisotopic (exact) mass is 1090 g/mol. The Bertz CT molecular complexity index is 1390. The van der Waals surface area contributed by atoms with Gasteiger partial charge in [0.25, 0.3) is 0 Å². The zero-order valence-corrected chi connectivity index (χ0v) is 52.2. The fourth-order valence-electron chi connectivity index (χ4n) is 10.1. The molecule has 0 N–H and O–H groups in total. The van der Waals surface area contributed by atoms with E-state index in [1.54, 1.807) is 0 Å². The van der Waals surface area contributed by atoms with Crippen molar-refractivity contribution in [3.63, 3.8) is 0 Å². The molecule has 0 fully saturated rings. The molecule has 0 saturated heterocycles. The third-order valence-corrected chi connectivity index (χ3v) is 15.2. The first kappa shape index (κ1) is 75.1. The van der Waals surface area contributed by atoms with E-state index in [4.69, 9.17) is 14.2 Å². The highest BCUT2D eigenvalue weighted by atomic mass is 16.6. The molecule has 454 valence electrons. The Morgan fingerprint density at radius 1 is 0.269 bits per heavy atom. The van der Waals surface area contributed by atoms with Gasteiger partial charge >= 0.3 is 17.9 Å². The van der Waals surface area contributed by atoms with Gasteiger partial charge in [0.15, 0.2) is 6.10 Å². The van der Waals surface area contributed by atoms with Gasteiger partial charge in [-0.2, -0.15) is 0 Å². The molecule has 0 aromatic rings. The van der Waals surface area contributed by atoms with E-state index in [1.165, 1.54) is 225 Å². The molecule has 6 heteroatoms. The van der Waals surface area contributed by atoms with Crippen molar-refractivity contribution in [2.45, 2.75) is 367 Å². The predicted molar refractivity (Wildman–Crippen MR) is 339 cm³/mol. The summed E-state index contributed by atoms with van der Waals surface area (Å²) < 4.78 is 16.9. The van der Waals surface area contributed by atoms with Crippen LogP contribution in [0.1, 0.15) is 361 Å². The van der Waals surface area contributed by atoms with Crippen molar-refractivity contribution in [1.82, 2.24) is 0 Å². The van der Waals surface area contributed by atoms with E-state index < -0.39 is 6.10 Å².